The van der Waals surface area contributed by atoms with E-state index in [1.54, 1.807) is 0 Å². The summed E-state index contributed by atoms with van der Waals surface area (Å²) >= 11 is 0. The Morgan fingerprint density at radius 3 is 2.85 bits per heavy atom. The maximum Gasteiger partial charge on any atom is 0.0620 e. The number of ether oxygens (including phenoxy) is 1. The third-order valence-corrected chi connectivity index (χ3v) is 2.57. The van der Waals surface area contributed by atoms with Crippen molar-refractivity contribution in [2.75, 3.05) is 26.9 Å². The minimum atomic E-state index is 0.234. The van der Waals surface area contributed by atoms with E-state index in [2.05, 4.69) is 5.32 Å². The highest BCUT2D eigenvalue weighted by atomic mass is 16.5. The van der Waals surface area contributed by atoms with Gasteiger partial charge in [-0.25, -0.2) is 0 Å². The van der Waals surface area contributed by atoms with Crippen molar-refractivity contribution >= 4 is 0 Å². The van der Waals surface area contributed by atoms with E-state index in [1.165, 1.54) is 19.3 Å². The number of hydrogen-bond donors (Lipinski definition) is 2. The molecule has 1 fully saturated rings. The van der Waals surface area contributed by atoms with Gasteiger partial charge in [-0.05, 0) is 25.8 Å². The largest absolute Gasteiger partial charge is 0.396 e. The molecule has 0 spiro atoms. The Labute approximate surface area is 80.5 Å². The van der Waals surface area contributed by atoms with Gasteiger partial charge < -0.3 is 15.2 Å². The molecule has 0 aromatic rings. The van der Waals surface area contributed by atoms with Crippen LogP contribution in [0, 0.1) is 5.92 Å². The van der Waals surface area contributed by atoms with Crippen molar-refractivity contribution in [2.45, 2.75) is 31.7 Å². The summed E-state index contributed by atoms with van der Waals surface area (Å²) in [7, 11) is 1.91. The van der Waals surface area contributed by atoms with Crippen molar-refractivity contribution in [1.29, 1.82) is 0 Å². The molecule has 2 N–H and O–H groups in total. The first kappa shape index (κ1) is 11.0. The van der Waals surface area contributed by atoms with E-state index in [1.807, 2.05) is 7.05 Å². The van der Waals surface area contributed by atoms with Crippen LogP contribution in [0.25, 0.3) is 0 Å². The van der Waals surface area contributed by atoms with Crippen LogP contribution in [0.3, 0.4) is 0 Å². The van der Waals surface area contributed by atoms with Crippen molar-refractivity contribution < 1.29 is 9.84 Å². The molecule has 0 amide bonds. The SMILES string of the molecule is CNC(CCO)COCCC1CC1. The van der Waals surface area contributed by atoms with Crippen molar-refractivity contribution in [3.05, 3.63) is 0 Å². The Hall–Kier alpha value is -0.120. The molecule has 0 aromatic carbocycles. The number of rotatable bonds is 8. The molecule has 3 heteroatoms. The summed E-state index contributed by atoms with van der Waals surface area (Å²) < 4.78 is 5.52. The Balaban J connectivity index is 1.88. The minimum absolute atomic E-state index is 0.234. The molecule has 1 saturated carbocycles. The van der Waals surface area contributed by atoms with Crippen LogP contribution in [0.5, 0.6) is 0 Å². The fourth-order valence-corrected chi connectivity index (χ4v) is 1.35. The summed E-state index contributed by atoms with van der Waals surface area (Å²) in [5.74, 6) is 0.950. The van der Waals surface area contributed by atoms with E-state index in [9.17, 15) is 0 Å². The molecule has 0 aromatic heterocycles. The quantitative estimate of drug-likeness (QED) is 0.552. The van der Waals surface area contributed by atoms with E-state index >= 15 is 0 Å². The molecular formula is C10H21NO2. The number of nitrogens with one attached hydrogen (secondary N) is 1. The first-order chi connectivity index (χ1) is 6.36. The Bertz CT molecular complexity index is 126. The summed E-state index contributed by atoms with van der Waals surface area (Å²) in [4.78, 5) is 0. The van der Waals surface area contributed by atoms with Crippen LogP contribution < -0.4 is 5.32 Å². The third kappa shape index (κ3) is 5.24. The van der Waals surface area contributed by atoms with Gasteiger partial charge in [0.25, 0.3) is 0 Å². The van der Waals surface area contributed by atoms with Crippen LogP contribution in [-0.2, 0) is 4.74 Å². The van der Waals surface area contributed by atoms with Crippen molar-refractivity contribution in [1.82, 2.24) is 5.32 Å². The van der Waals surface area contributed by atoms with Gasteiger partial charge in [0.2, 0.25) is 0 Å². The number of hydrogen-bond acceptors (Lipinski definition) is 3. The molecule has 0 aliphatic heterocycles. The lowest BCUT2D eigenvalue weighted by Crippen LogP contribution is -2.31. The average molecular weight is 187 g/mol. The van der Waals surface area contributed by atoms with Gasteiger partial charge in [-0.15, -0.1) is 0 Å². The smallest absolute Gasteiger partial charge is 0.0620 e. The van der Waals surface area contributed by atoms with E-state index in [4.69, 9.17) is 9.84 Å². The zero-order valence-corrected chi connectivity index (χ0v) is 8.46. The van der Waals surface area contributed by atoms with Crippen LogP contribution >= 0.6 is 0 Å². The molecule has 3 nitrogen and oxygen atoms in total. The van der Waals surface area contributed by atoms with E-state index in [0.29, 0.717) is 6.04 Å². The molecule has 78 valence electrons. The number of aliphatic hydroxyl groups is 1. The van der Waals surface area contributed by atoms with Gasteiger partial charge in [0, 0.05) is 19.3 Å². The summed E-state index contributed by atoms with van der Waals surface area (Å²) in [6.45, 7) is 1.84. The summed E-state index contributed by atoms with van der Waals surface area (Å²) in [5, 5.41) is 11.8. The van der Waals surface area contributed by atoms with Crippen LogP contribution in [-0.4, -0.2) is 38.0 Å². The maximum atomic E-state index is 8.73. The second-order valence-corrected chi connectivity index (χ2v) is 3.80. The first-order valence-corrected chi connectivity index (χ1v) is 5.22. The molecule has 0 saturated heterocycles. The molecule has 0 heterocycles. The predicted octanol–water partition coefficient (Wildman–Crippen LogP) is 0.773. The second kappa shape index (κ2) is 6.35. The Morgan fingerprint density at radius 2 is 2.31 bits per heavy atom. The van der Waals surface area contributed by atoms with Gasteiger partial charge in [0.1, 0.15) is 0 Å². The summed E-state index contributed by atoms with van der Waals surface area (Å²) in [6, 6.07) is 0.309. The molecule has 1 aliphatic rings. The molecular weight excluding hydrogens is 166 g/mol. The van der Waals surface area contributed by atoms with Crippen LogP contribution in [0.15, 0.2) is 0 Å². The molecule has 0 radical (unpaired) electrons. The number of aliphatic hydroxyl groups excluding tert-OH is 1. The van der Waals surface area contributed by atoms with Gasteiger partial charge in [-0.1, -0.05) is 12.8 Å². The molecule has 13 heavy (non-hydrogen) atoms. The molecule has 1 atom stereocenters. The van der Waals surface area contributed by atoms with E-state index in [-0.39, 0.29) is 6.61 Å². The molecule has 0 bridgehead atoms. The topological polar surface area (TPSA) is 41.5 Å². The van der Waals surface area contributed by atoms with Gasteiger partial charge in [0.15, 0.2) is 0 Å². The monoisotopic (exact) mass is 187 g/mol. The number of likely N-dealkylation sites (N-methyl/N-ethyl adjacent to an activating group) is 1. The summed E-state index contributed by atoms with van der Waals surface area (Å²) in [6.07, 6.45) is 4.79. The highest BCUT2D eigenvalue weighted by molar-refractivity contribution is 4.72. The van der Waals surface area contributed by atoms with Crippen molar-refractivity contribution in [3.63, 3.8) is 0 Å². The van der Waals surface area contributed by atoms with Crippen LogP contribution in [0.1, 0.15) is 25.7 Å². The third-order valence-electron chi connectivity index (χ3n) is 2.57. The standard InChI is InChI=1S/C10H21NO2/c1-11-10(4-6-12)8-13-7-5-9-2-3-9/h9-12H,2-8H2,1H3. The molecule has 1 aliphatic carbocycles. The normalized spacial score (nSPS) is 18.9. The second-order valence-electron chi connectivity index (χ2n) is 3.80. The van der Waals surface area contributed by atoms with Gasteiger partial charge in [-0.2, -0.15) is 0 Å². The molecule has 1 rings (SSSR count). The van der Waals surface area contributed by atoms with Crippen molar-refractivity contribution in [3.8, 4) is 0 Å². The fraction of sp³-hybridized carbons (Fsp3) is 1.00. The fourth-order valence-electron chi connectivity index (χ4n) is 1.35. The lowest BCUT2D eigenvalue weighted by atomic mass is 10.2. The first-order valence-electron chi connectivity index (χ1n) is 5.22. The van der Waals surface area contributed by atoms with Crippen molar-refractivity contribution in [2.24, 2.45) is 5.92 Å². The van der Waals surface area contributed by atoms with Gasteiger partial charge >= 0.3 is 0 Å². The molecule has 1 unspecified atom stereocenters. The van der Waals surface area contributed by atoms with E-state index in [0.717, 1.165) is 25.6 Å². The maximum absolute atomic E-state index is 8.73. The predicted molar refractivity (Wildman–Crippen MR) is 52.7 cm³/mol. The highest BCUT2D eigenvalue weighted by Crippen LogP contribution is 2.32. The minimum Gasteiger partial charge on any atom is -0.396 e. The van der Waals surface area contributed by atoms with Gasteiger partial charge in [-0.3, -0.25) is 0 Å². The lowest BCUT2D eigenvalue weighted by Gasteiger charge is -2.14. The summed E-state index contributed by atoms with van der Waals surface area (Å²) in [5.41, 5.74) is 0. The van der Waals surface area contributed by atoms with Crippen LogP contribution in [0.2, 0.25) is 0 Å². The zero-order chi connectivity index (χ0) is 9.52. The average Bonchev–Trinajstić information content (AvgIpc) is 2.94. The van der Waals surface area contributed by atoms with E-state index < -0.39 is 0 Å². The zero-order valence-electron chi connectivity index (χ0n) is 8.46. The highest BCUT2D eigenvalue weighted by Gasteiger charge is 2.20. The Kier molecular flexibility index (Phi) is 5.35. The van der Waals surface area contributed by atoms with Crippen LogP contribution in [0.4, 0.5) is 0 Å². The lowest BCUT2D eigenvalue weighted by molar-refractivity contribution is 0.0994. The van der Waals surface area contributed by atoms with Gasteiger partial charge in [0.05, 0.1) is 6.61 Å². The Morgan fingerprint density at radius 1 is 1.54 bits per heavy atom.